The average Bonchev–Trinajstić information content (AvgIpc) is 2.40. The van der Waals surface area contributed by atoms with E-state index < -0.39 is 0 Å². The predicted molar refractivity (Wildman–Crippen MR) is 82.5 cm³/mol. The largest absolute Gasteiger partial charge is 0.454 e. The number of ether oxygens (including phenoxy) is 1. The van der Waals surface area contributed by atoms with Crippen molar-refractivity contribution in [2.75, 3.05) is 0 Å². The quantitative estimate of drug-likeness (QED) is 0.643. The van der Waals surface area contributed by atoms with Crippen LogP contribution in [-0.4, -0.2) is 0 Å². The minimum Gasteiger partial charge on any atom is -0.454 e. The van der Waals surface area contributed by atoms with Gasteiger partial charge in [-0.15, -0.1) is 0 Å². The Morgan fingerprint density at radius 2 is 1.68 bits per heavy atom. The smallest absolute Gasteiger partial charge is 0.149 e. The lowest BCUT2D eigenvalue weighted by Crippen LogP contribution is -2.25. The number of hydrogen-bond donors (Lipinski definition) is 0. The maximum Gasteiger partial charge on any atom is 0.149 e. The molecule has 1 aliphatic rings. The van der Waals surface area contributed by atoms with Crippen LogP contribution in [0.4, 0.5) is 0 Å². The number of rotatable bonds is 0. The Morgan fingerprint density at radius 3 is 2.37 bits per heavy atom. The maximum atomic E-state index is 9.25. The Balaban J connectivity index is 2.34. The number of fused-ring (bicyclic) bond motifs is 2. The standard InChI is InChI=1S/C16H12INO/c1-16(2)11-6-3-5-10(9-18)14(11)19-15-12(16)7-4-8-13(15)17/h3-8H,1-2H3. The number of hydrogen-bond acceptors (Lipinski definition) is 2. The van der Waals surface area contributed by atoms with Crippen LogP contribution in [0.2, 0.25) is 0 Å². The normalized spacial score (nSPS) is 14.8. The first-order valence-corrected chi connectivity index (χ1v) is 7.14. The summed E-state index contributed by atoms with van der Waals surface area (Å²) in [6, 6.07) is 14.1. The highest BCUT2D eigenvalue weighted by Gasteiger charge is 2.36. The van der Waals surface area contributed by atoms with Gasteiger partial charge in [0.15, 0.2) is 0 Å². The molecular weight excluding hydrogens is 349 g/mol. The number of benzene rings is 2. The molecule has 2 aromatic rings. The fourth-order valence-corrected chi connectivity index (χ4v) is 3.19. The van der Waals surface area contributed by atoms with E-state index in [2.05, 4.69) is 48.6 Å². The molecule has 0 saturated carbocycles. The van der Waals surface area contributed by atoms with Crippen molar-refractivity contribution in [2.24, 2.45) is 0 Å². The van der Waals surface area contributed by atoms with Crippen LogP contribution < -0.4 is 4.74 Å². The molecule has 2 aromatic carbocycles. The minimum absolute atomic E-state index is 0.156. The van der Waals surface area contributed by atoms with Gasteiger partial charge in [-0.1, -0.05) is 38.1 Å². The summed E-state index contributed by atoms with van der Waals surface area (Å²) in [5, 5.41) is 9.25. The van der Waals surface area contributed by atoms with E-state index in [0.29, 0.717) is 11.3 Å². The molecule has 3 heteroatoms. The van der Waals surface area contributed by atoms with Crippen LogP contribution >= 0.6 is 22.6 Å². The van der Waals surface area contributed by atoms with Gasteiger partial charge >= 0.3 is 0 Å². The third-order valence-electron chi connectivity index (χ3n) is 3.65. The van der Waals surface area contributed by atoms with Crippen molar-refractivity contribution in [2.45, 2.75) is 19.3 Å². The molecule has 0 amide bonds. The molecular formula is C16H12INO. The second-order valence-electron chi connectivity index (χ2n) is 5.14. The molecule has 1 heterocycles. The molecule has 0 radical (unpaired) electrons. The van der Waals surface area contributed by atoms with E-state index in [1.807, 2.05) is 24.3 Å². The fourth-order valence-electron chi connectivity index (χ4n) is 2.58. The van der Waals surface area contributed by atoms with E-state index in [-0.39, 0.29) is 5.41 Å². The van der Waals surface area contributed by atoms with Gasteiger partial charge in [0.05, 0.1) is 9.13 Å². The lowest BCUT2D eigenvalue weighted by molar-refractivity contribution is 0.414. The van der Waals surface area contributed by atoms with Gasteiger partial charge in [-0.3, -0.25) is 0 Å². The lowest BCUT2D eigenvalue weighted by Gasteiger charge is -2.35. The first-order chi connectivity index (χ1) is 9.05. The molecule has 2 nitrogen and oxygen atoms in total. The van der Waals surface area contributed by atoms with Crippen molar-refractivity contribution in [3.8, 4) is 17.6 Å². The Bertz CT molecular complexity index is 713. The van der Waals surface area contributed by atoms with Gasteiger partial charge in [0.1, 0.15) is 17.6 Å². The molecule has 0 saturated heterocycles. The van der Waals surface area contributed by atoms with E-state index >= 15 is 0 Å². The summed E-state index contributed by atoms with van der Waals surface area (Å²) < 4.78 is 7.11. The number of nitrogens with zero attached hydrogens (tertiary/aromatic N) is 1. The molecule has 19 heavy (non-hydrogen) atoms. The Labute approximate surface area is 126 Å². The highest BCUT2D eigenvalue weighted by molar-refractivity contribution is 14.1. The van der Waals surface area contributed by atoms with Gasteiger partial charge in [0.2, 0.25) is 0 Å². The molecule has 0 aliphatic carbocycles. The SMILES string of the molecule is CC1(C)c2cccc(I)c2Oc2c(C#N)cccc21. The zero-order valence-electron chi connectivity index (χ0n) is 10.7. The van der Waals surface area contributed by atoms with E-state index in [1.54, 1.807) is 6.07 Å². The van der Waals surface area contributed by atoms with Crippen LogP contribution in [0.15, 0.2) is 36.4 Å². The van der Waals surface area contributed by atoms with Crippen LogP contribution in [0.25, 0.3) is 0 Å². The molecule has 0 fully saturated rings. The van der Waals surface area contributed by atoms with Crippen molar-refractivity contribution < 1.29 is 4.74 Å². The average molecular weight is 361 g/mol. The second kappa shape index (κ2) is 4.24. The highest BCUT2D eigenvalue weighted by atomic mass is 127. The highest BCUT2D eigenvalue weighted by Crippen LogP contribution is 2.50. The third-order valence-corrected chi connectivity index (χ3v) is 4.50. The predicted octanol–water partition coefficient (Wildman–Crippen LogP) is 4.59. The summed E-state index contributed by atoms with van der Waals surface area (Å²) in [5.74, 6) is 1.58. The van der Waals surface area contributed by atoms with Crippen LogP contribution in [0.5, 0.6) is 11.5 Å². The number of para-hydroxylation sites is 2. The van der Waals surface area contributed by atoms with E-state index in [4.69, 9.17) is 4.74 Å². The molecule has 0 atom stereocenters. The summed E-state index contributed by atoms with van der Waals surface area (Å²) in [7, 11) is 0. The van der Waals surface area contributed by atoms with Crippen molar-refractivity contribution in [3.63, 3.8) is 0 Å². The molecule has 0 spiro atoms. The van der Waals surface area contributed by atoms with Crippen molar-refractivity contribution in [1.82, 2.24) is 0 Å². The third kappa shape index (κ3) is 1.74. The molecule has 0 aromatic heterocycles. The Morgan fingerprint density at radius 1 is 1.05 bits per heavy atom. The molecule has 94 valence electrons. The Kier molecular flexibility index (Phi) is 2.79. The lowest BCUT2D eigenvalue weighted by atomic mass is 9.75. The van der Waals surface area contributed by atoms with Crippen LogP contribution in [0, 0.1) is 14.9 Å². The molecule has 0 bridgehead atoms. The monoisotopic (exact) mass is 361 g/mol. The van der Waals surface area contributed by atoms with E-state index in [9.17, 15) is 5.26 Å². The van der Waals surface area contributed by atoms with Crippen LogP contribution in [0.3, 0.4) is 0 Å². The molecule has 0 unspecified atom stereocenters. The number of nitriles is 1. The van der Waals surface area contributed by atoms with Crippen LogP contribution in [0.1, 0.15) is 30.5 Å². The van der Waals surface area contributed by atoms with Crippen molar-refractivity contribution in [1.29, 1.82) is 5.26 Å². The molecule has 3 rings (SSSR count). The zero-order chi connectivity index (χ0) is 13.6. The molecule has 1 aliphatic heterocycles. The van der Waals surface area contributed by atoms with E-state index in [1.165, 1.54) is 5.56 Å². The van der Waals surface area contributed by atoms with Gasteiger partial charge in [-0.25, -0.2) is 0 Å². The van der Waals surface area contributed by atoms with Crippen molar-refractivity contribution >= 4 is 22.6 Å². The minimum atomic E-state index is -0.156. The van der Waals surface area contributed by atoms with Gasteiger partial charge in [-0.2, -0.15) is 5.26 Å². The topological polar surface area (TPSA) is 33.0 Å². The maximum absolute atomic E-state index is 9.25. The summed E-state index contributed by atoms with van der Waals surface area (Å²) >= 11 is 2.27. The first-order valence-electron chi connectivity index (χ1n) is 6.06. The van der Waals surface area contributed by atoms with Gasteiger partial charge < -0.3 is 4.74 Å². The fraction of sp³-hybridized carbons (Fsp3) is 0.188. The van der Waals surface area contributed by atoms with Gasteiger partial charge in [0, 0.05) is 16.5 Å². The summed E-state index contributed by atoms with van der Waals surface area (Å²) in [4.78, 5) is 0. The zero-order valence-corrected chi connectivity index (χ0v) is 12.9. The first kappa shape index (κ1) is 12.5. The van der Waals surface area contributed by atoms with Crippen molar-refractivity contribution in [3.05, 3.63) is 56.7 Å². The summed E-state index contributed by atoms with van der Waals surface area (Å²) in [6.07, 6.45) is 0. The summed E-state index contributed by atoms with van der Waals surface area (Å²) in [6.45, 7) is 4.34. The Hall–Kier alpha value is -1.54. The summed E-state index contributed by atoms with van der Waals surface area (Å²) in [5.41, 5.74) is 2.68. The van der Waals surface area contributed by atoms with Gasteiger partial charge in [-0.05, 0) is 34.7 Å². The van der Waals surface area contributed by atoms with Crippen LogP contribution in [-0.2, 0) is 5.41 Å². The molecule has 0 N–H and O–H groups in total. The van der Waals surface area contributed by atoms with E-state index in [0.717, 1.165) is 14.9 Å². The van der Waals surface area contributed by atoms with Gasteiger partial charge in [0.25, 0.3) is 0 Å². The number of halogens is 1. The second-order valence-corrected chi connectivity index (χ2v) is 6.30.